The Bertz CT molecular complexity index is 1060. The molecule has 0 fully saturated rings. The number of hydrogen-bond donors (Lipinski definition) is 2. The average molecular weight is 573 g/mol. The molecule has 0 atom stereocenters. The van der Waals surface area contributed by atoms with Crippen LogP contribution in [0.5, 0.6) is 11.5 Å². The quantitative estimate of drug-likeness (QED) is 0.207. The van der Waals surface area contributed by atoms with Crippen LogP contribution in [0.3, 0.4) is 0 Å². The minimum Gasteiger partial charge on any atom is -0.507 e. The first-order valence-electron chi connectivity index (χ1n) is 14.8. The molecule has 4 heteroatoms. The van der Waals surface area contributed by atoms with Crippen LogP contribution in [-0.2, 0) is 34.5 Å². The van der Waals surface area contributed by atoms with E-state index in [-0.39, 0.29) is 21.7 Å². The molecule has 2 aromatic rings. The molecule has 0 unspecified atom stereocenters. The molecule has 0 aliphatic heterocycles. The first-order chi connectivity index (χ1) is 17.8. The van der Waals surface area contributed by atoms with Gasteiger partial charge in [-0.15, -0.1) is 0 Å². The Labute approximate surface area is 248 Å². The van der Waals surface area contributed by atoms with E-state index >= 15 is 0 Å². The summed E-state index contributed by atoms with van der Waals surface area (Å²) < 4.78 is 0. The fourth-order valence-electron chi connectivity index (χ4n) is 4.89. The largest absolute Gasteiger partial charge is 0.507 e. The summed E-state index contributed by atoms with van der Waals surface area (Å²) in [5.74, 6) is 3.21. The molecule has 0 aliphatic rings. The highest BCUT2D eigenvalue weighted by atomic mass is 33.1. The first kappa shape index (κ1) is 33.9. The minimum atomic E-state index is -0.0813. The number of phenols is 2. The Morgan fingerprint density at radius 3 is 1.15 bits per heavy atom. The van der Waals surface area contributed by atoms with Crippen molar-refractivity contribution in [3.05, 3.63) is 57.6 Å². The lowest BCUT2D eigenvalue weighted by Gasteiger charge is -2.30. The molecule has 39 heavy (non-hydrogen) atoms. The second kappa shape index (κ2) is 13.1. The standard InChI is InChI=1S/C35H56O2S2/c1-13-35(11,12)29-23-25(22-28(31(29)37)34(8,9)10)17-15-19-39-38-18-14-16-24-20-26(32(2,3)4)30(36)27(21-24)33(5,6)7/h20-23,36-37H,13-19H2,1-12H3. The van der Waals surface area contributed by atoms with Crippen LogP contribution in [0, 0.1) is 0 Å². The second-order valence-electron chi connectivity index (χ2n) is 14.9. The zero-order chi connectivity index (χ0) is 29.8. The van der Waals surface area contributed by atoms with E-state index in [0.29, 0.717) is 11.5 Å². The molecule has 0 amide bonds. The highest BCUT2D eigenvalue weighted by Crippen LogP contribution is 2.42. The third-order valence-corrected chi connectivity index (χ3v) is 10.4. The van der Waals surface area contributed by atoms with Gasteiger partial charge in [-0.05, 0) is 81.6 Å². The van der Waals surface area contributed by atoms with Crippen LogP contribution in [0.1, 0.15) is 136 Å². The monoisotopic (exact) mass is 572 g/mol. The van der Waals surface area contributed by atoms with Gasteiger partial charge in [-0.3, -0.25) is 0 Å². The average Bonchev–Trinajstić information content (AvgIpc) is 2.79. The van der Waals surface area contributed by atoms with Gasteiger partial charge < -0.3 is 10.2 Å². The van der Waals surface area contributed by atoms with Gasteiger partial charge in [0.2, 0.25) is 0 Å². The molecule has 0 saturated heterocycles. The Kier molecular flexibility index (Phi) is 11.4. The maximum Gasteiger partial charge on any atom is 0.123 e. The maximum atomic E-state index is 11.1. The van der Waals surface area contributed by atoms with E-state index < -0.39 is 0 Å². The van der Waals surface area contributed by atoms with Crippen LogP contribution >= 0.6 is 21.6 Å². The molecule has 0 heterocycles. The molecule has 220 valence electrons. The van der Waals surface area contributed by atoms with Crippen molar-refractivity contribution in [1.29, 1.82) is 0 Å². The van der Waals surface area contributed by atoms with Gasteiger partial charge in [-0.25, -0.2) is 0 Å². The van der Waals surface area contributed by atoms with Gasteiger partial charge in [0.05, 0.1) is 0 Å². The number of aryl methyl sites for hydroxylation is 2. The third-order valence-electron chi connectivity index (χ3n) is 7.85. The van der Waals surface area contributed by atoms with Crippen molar-refractivity contribution in [2.45, 2.75) is 137 Å². The van der Waals surface area contributed by atoms with Gasteiger partial charge in [0.15, 0.2) is 0 Å². The van der Waals surface area contributed by atoms with E-state index in [2.05, 4.69) is 107 Å². The smallest absolute Gasteiger partial charge is 0.123 e. The fraction of sp³-hybridized carbons (Fsp3) is 0.657. The molecular weight excluding hydrogens is 517 g/mol. The molecular formula is C35H56O2S2. The predicted molar refractivity (Wildman–Crippen MR) is 177 cm³/mol. The highest BCUT2D eigenvalue weighted by Gasteiger charge is 2.28. The Morgan fingerprint density at radius 1 is 0.538 bits per heavy atom. The van der Waals surface area contributed by atoms with Crippen molar-refractivity contribution in [3.63, 3.8) is 0 Å². The molecule has 0 radical (unpaired) electrons. The van der Waals surface area contributed by atoms with Gasteiger partial charge in [0.1, 0.15) is 11.5 Å². The number of phenolic OH excluding ortho intramolecular Hbond substituents is 2. The highest BCUT2D eigenvalue weighted by molar-refractivity contribution is 8.76. The summed E-state index contributed by atoms with van der Waals surface area (Å²) in [6.07, 6.45) is 5.36. The maximum absolute atomic E-state index is 11.1. The van der Waals surface area contributed by atoms with Crippen LogP contribution in [-0.4, -0.2) is 21.7 Å². The Morgan fingerprint density at radius 2 is 0.846 bits per heavy atom. The van der Waals surface area contributed by atoms with E-state index in [1.54, 1.807) is 0 Å². The van der Waals surface area contributed by atoms with Gasteiger partial charge in [-0.1, -0.05) is 129 Å². The molecule has 0 bridgehead atoms. The van der Waals surface area contributed by atoms with E-state index in [0.717, 1.165) is 65.9 Å². The van der Waals surface area contributed by atoms with E-state index in [4.69, 9.17) is 0 Å². The Balaban J connectivity index is 1.93. The summed E-state index contributed by atoms with van der Waals surface area (Å²) in [6, 6.07) is 8.93. The summed E-state index contributed by atoms with van der Waals surface area (Å²) in [5.41, 5.74) is 6.67. The summed E-state index contributed by atoms with van der Waals surface area (Å²) >= 11 is 0. The number of rotatable bonds is 11. The molecule has 0 aromatic heterocycles. The van der Waals surface area contributed by atoms with Crippen molar-refractivity contribution in [1.82, 2.24) is 0 Å². The predicted octanol–water partition coefficient (Wildman–Crippen LogP) is 10.6. The molecule has 0 saturated carbocycles. The summed E-state index contributed by atoms with van der Waals surface area (Å²) in [5, 5.41) is 22.1. The van der Waals surface area contributed by atoms with E-state index in [1.165, 1.54) is 11.1 Å². The number of aromatic hydroxyl groups is 2. The van der Waals surface area contributed by atoms with Gasteiger partial charge in [0, 0.05) is 17.1 Å². The fourth-order valence-corrected chi connectivity index (χ4v) is 7.06. The van der Waals surface area contributed by atoms with E-state index in [1.807, 2.05) is 21.6 Å². The normalized spacial score (nSPS) is 13.2. The number of hydrogen-bond acceptors (Lipinski definition) is 4. The van der Waals surface area contributed by atoms with Crippen molar-refractivity contribution < 1.29 is 10.2 Å². The number of benzene rings is 2. The third kappa shape index (κ3) is 9.38. The molecule has 2 rings (SSSR count). The molecule has 0 aliphatic carbocycles. The molecule has 2 N–H and O–H groups in total. The lowest BCUT2D eigenvalue weighted by atomic mass is 9.76. The van der Waals surface area contributed by atoms with Crippen LogP contribution in [0.4, 0.5) is 0 Å². The minimum absolute atomic E-state index is 0.0382. The lowest BCUT2D eigenvalue weighted by molar-refractivity contribution is 0.409. The van der Waals surface area contributed by atoms with Crippen LogP contribution < -0.4 is 0 Å². The van der Waals surface area contributed by atoms with E-state index in [9.17, 15) is 10.2 Å². The Hall–Kier alpha value is -1.26. The van der Waals surface area contributed by atoms with Gasteiger partial charge in [0.25, 0.3) is 0 Å². The summed E-state index contributed by atoms with van der Waals surface area (Å²) in [7, 11) is 3.96. The van der Waals surface area contributed by atoms with Crippen molar-refractivity contribution >= 4 is 21.6 Å². The zero-order valence-corrected chi connectivity index (χ0v) is 28.6. The van der Waals surface area contributed by atoms with Crippen molar-refractivity contribution in [3.8, 4) is 11.5 Å². The van der Waals surface area contributed by atoms with Crippen LogP contribution in [0.15, 0.2) is 24.3 Å². The SMILES string of the molecule is CCC(C)(C)c1cc(CCCSSCCCc2cc(C(C)(C)C)c(O)c(C(C)(C)C)c2)cc(C(C)(C)C)c1O. The van der Waals surface area contributed by atoms with Crippen molar-refractivity contribution in [2.24, 2.45) is 0 Å². The molecule has 2 nitrogen and oxygen atoms in total. The molecule has 2 aromatic carbocycles. The summed E-state index contributed by atoms with van der Waals surface area (Å²) in [4.78, 5) is 0. The van der Waals surface area contributed by atoms with Crippen LogP contribution in [0.2, 0.25) is 0 Å². The van der Waals surface area contributed by atoms with Crippen molar-refractivity contribution in [2.75, 3.05) is 11.5 Å². The second-order valence-corrected chi connectivity index (χ2v) is 17.6. The first-order valence-corrected chi connectivity index (χ1v) is 17.3. The topological polar surface area (TPSA) is 40.5 Å². The van der Waals surface area contributed by atoms with Gasteiger partial charge in [-0.2, -0.15) is 0 Å². The zero-order valence-electron chi connectivity index (χ0n) is 27.0. The van der Waals surface area contributed by atoms with Crippen LogP contribution in [0.25, 0.3) is 0 Å². The lowest BCUT2D eigenvalue weighted by Crippen LogP contribution is -2.20. The molecule has 0 spiro atoms. The summed E-state index contributed by atoms with van der Waals surface area (Å²) in [6.45, 7) is 26.3. The van der Waals surface area contributed by atoms with Gasteiger partial charge >= 0.3 is 0 Å².